The topological polar surface area (TPSA) is 29.1 Å². The lowest BCUT2D eigenvalue weighted by Gasteiger charge is -1.84. The number of amides is 1. The Bertz CT molecular complexity index is 85.8. The standard InChI is InChI=1S/C4H6FNO/c5-3-1-4(3)6-2-7/h2-4H,1H2,(H,6,7)/t3-,4-/m0/s1. The van der Waals surface area contributed by atoms with Crippen LogP contribution in [0.25, 0.3) is 0 Å². The van der Waals surface area contributed by atoms with E-state index in [0.717, 1.165) is 0 Å². The molecule has 0 radical (unpaired) electrons. The van der Waals surface area contributed by atoms with Crippen LogP contribution in [0.3, 0.4) is 0 Å². The van der Waals surface area contributed by atoms with Crippen molar-refractivity contribution in [3.63, 3.8) is 0 Å². The highest BCUT2D eigenvalue weighted by Crippen LogP contribution is 2.23. The second-order valence-electron chi connectivity index (χ2n) is 1.64. The quantitative estimate of drug-likeness (QED) is 0.483. The molecule has 1 aliphatic rings. The monoisotopic (exact) mass is 103 g/mol. The van der Waals surface area contributed by atoms with E-state index >= 15 is 0 Å². The first-order chi connectivity index (χ1) is 3.34. The van der Waals surface area contributed by atoms with Gasteiger partial charge in [0.05, 0.1) is 6.04 Å². The van der Waals surface area contributed by atoms with Gasteiger partial charge in [-0.05, 0) is 0 Å². The van der Waals surface area contributed by atoms with Crippen LogP contribution in [-0.2, 0) is 4.79 Å². The molecule has 1 rings (SSSR count). The number of nitrogens with one attached hydrogen (secondary N) is 1. The largest absolute Gasteiger partial charge is 0.353 e. The summed E-state index contributed by atoms with van der Waals surface area (Å²) in [5.74, 6) is 0. The highest BCUT2D eigenvalue weighted by molar-refractivity contribution is 5.47. The van der Waals surface area contributed by atoms with Crippen LogP contribution in [0.5, 0.6) is 0 Å². The lowest BCUT2D eigenvalue weighted by Crippen LogP contribution is -2.15. The molecule has 0 aromatic heterocycles. The number of carbonyl (C=O) groups excluding carboxylic acids is 1. The summed E-state index contributed by atoms with van der Waals surface area (Å²) >= 11 is 0. The van der Waals surface area contributed by atoms with Crippen LogP contribution in [0.2, 0.25) is 0 Å². The van der Waals surface area contributed by atoms with Crippen LogP contribution in [0.15, 0.2) is 0 Å². The number of halogens is 1. The summed E-state index contributed by atoms with van der Waals surface area (Å²) in [6.45, 7) is 0. The number of alkyl halides is 1. The van der Waals surface area contributed by atoms with Gasteiger partial charge in [0.15, 0.2) is 0 Å². The fourth-order valence-electron chi connectivity index (χ4n) is 0.424. The summed E-state index contributed by atoms with van der Waals surface area (Å²) < 4.78 is 11.7. The van der Waals surface area contributed by atoms with Gasteiger partial charge in [-0.15, -0.1) is 0 Å². The molecule has 0 aromatic carbocycles. The molecule has 2 atom stereocenters. The Balaban J connectivity index is 2.08. The molecule has 1 amide bonds. The molecule has 2 nitrogen and oxygen atoms in total. The summed E-state index contributed by atoms with van der Waals surface area (Å²) in [5, 5.41) is 2.31. The van der Waals surface area contributed by atoms with Crippen molar-refractivity contribution in [3.05, 3.63) is 0 Å². The van der Waals surface area contributed by atoms with Crippen LogP contribution in [-0.4, -0.2) is 18.6 Å². The molecule has 0 unspecified atom stereocenters. The van der Waals surface area contributed by atoms with Gasteiger partial charge >= 0.3 is 0 Å². The van der Waals surface area contributed by atoms with E-state index in [1.165, 1.54) is 0 Å². The Morgan fingerprint density at radius 2 is 2.43 bits per heavy atom. The van der Waals surface area contributed by atoms with Crippen LogP contribution in [0.1, 0.15) is 6.42 Å². The Labute approximate surface area is 40.7 Å². The lowest BCUT2D eigenvalue weighted by molar-refractivity contribution is -0.109. The fourth-order valence-corrected chi connectivity index (χ4v) is 0.424. The second-order valence-corrected chi connectivity index (χ2v) is 1.64. The van der Waals surface area contributed by atoms with E-state index in [1.54, 1.807) is 0 Å². The van der Waals surface area contributed by atoms with Gasteiger partial charge in [0.1, 0.15) is 6.17 Å². The number of rotatable bonds is 2. The minimum Gasteiger partial charge on any atom is -0.353 e. The highest BCUT2D eigenvalue weighted by Gasteiger charge is 2.36. The third-order valence-electron chi connectivity index (χ3n) is 0.995. The first-order valence-corrected chi connectivity index (χ1v) is 2.18. The van der Waals surface area contributed by atoms with E-state index in [-0.39, 0.29) is 6.04 Å². The maximum atomic E-state index is 11.7. The average Bonchev–Trinajstić information content (AvgIpc) is 2.22. The molecule has 7 heavy (non-hydrogen) atoms. The summed E-state index contributed by atoms with van der Waals surface area (Å²) in [5.41, 5.74) is 0. The number of hydrogen-bond donors (Lipinski definition) is 1. The Hall–Kier alpha value is -0.600. The van der Waals surface area contributed by atoms with E-state index in [4.69, 9.17) is 0 Å². The van der Waals surface area contributed by atoms with Gasteiger partial charge in [-0.3, -0.25) is 4.79 Å². The molecular weight excluding hydrogens is 97.0 g/mol. The second kappa shape index (κ2) is 1.48. The van der Waals surface area contributed by atoms with E-state index in [1.807, 2.05) is 0 Å². The third-order valence-corrected chi connectivity index (χ3v) is 0.995. The van der Waals surface area contributed by atoms with Gasteiger partial charge in [0.2, 0.25) is 6.41 Å². The van der Waals surface area contributed by atoms with E-state index in [2.05, 4.69) is 5.32 Å². The van der Waals surface area contributed by atoms with E-state index in [9.17, 15) is 9.18 Å². The first-order valence-electron chi connectivity index (χ1n) is 2.18. The molecule has 1 N–H and O–H groups in total. The van der Waals surface area contributed by atoms with Gasteiger partial charge in [-0.1, -0.05) is 0 Å². The van der Waals surface area contributed by atoms with E-state index < -0.39 is 6.17 Å². The third kappa shape index (κ3) is 0.885. The zero-order valence-corrected chi connectivity index (χ0v) is 3.73. The molecular formula is C4H6FNO. The van der Waals surface area contributed by atoms with E-state index in [0.29, 0.717) is 12.8 Å². The van der Waals surface area contributed by atoms with Crippen molar-refractivity contribution in [2.24, 2.45) is 0 Å². The molecule has 0 aromatic rings. The average molecular weight is 103 g/mol. The zero-order chi connectivity index (χ0) is 5.28. The Morgan fingerprint density at radius 1 is 1.86 bits per heavy atom. The smallest absolute Gasteiger partial charge is 0.207 e. The van der Waals surface area contributed by atoms with Gasteiger partial charge in [-0.2, -0.15) is 0 Å². The molecule has 0 spiro atoms. The fraction of sp³-hybridized carbons (Fsp3) is 0.750. The van der Waals surface area contributed by atoms with Crippen molar-refractivity contribution in [2.75, 3.05) is 0 Å². The van der Waals surface area contributed by atoms with Gasteiger partial charge < -0.3 is 5.32 Å². The molecule has 1 aliphatic carbocycles. The summed E-state index contributed by atoms with van der Waals surface area (Å²) in [6.07, 6.45) is 0.258. The van der Waals surface area contributed by atoms with Crippen LogP contribution in [0, 0.1) is 0 Å². The molecule has 0 aliphatic heterocycles. The Kier molecular flexibility index (Phi) is 0.964. The van der Waals surface area contributed by atoms with Crippen molar-refractivity contribution >= 4 is 6.41 Å². The predicted molar refractivity (Wildman–Crippen MR) is 22.5 cm³/mol. The maximum Gasteiger partial charge on any atom is 0.207 e. The first kappa shape index (κ1) is 4.56. The van der Waals surface area contributed by atoms with Gasteiger partial charge in [0, 0.05) is 6.42 Å². The summed E-state index contributed by atoms with van der Waals surface area (Å²) in [4.78, 5) is 9.52. The summed E-state index contributed by atoms with van der Waals surface area (Å²) in [7, 11) is 0. The SMILES string of the molecule is O=CN[C@H]1C[C@@H]1F. The number of hydrogen-bond acceptors (Lipinski definition) is 1. The molecule has 1 fully saturated rings. The van der Waals surface area contributed by atoms with Crippen LogP contribution < -0.4 is 5.32 Å². The molecule has 1 saturated carbocycles. The molecule has 0 bridgehead atoms. The van der Waals surface area contributed by atoms with Crippen molar-refractivity contribution in [2.45, 2.75) is 18.6 Å². The van der Waals surface area contributed by atoms with Gasteiger partial charge in [-0.25, -0.2) is 4.39 Å². The minimum atomic E-state index is -0.773. The minimum absolute atomic E-state index is 0.169. The van der Waals surface area contributed by atoms with Crippen molar-refractivity contribution in [1.29, 1.82) is 0 Å². The molecule has 3 heteroatoms. The van der Waals surface area contributed by atoms with Crippen LogP contribution in [0.4, 0.5) is 4.39 Å². The summed E-state index contributed by atoms with van der Waals surface area (Å²) in [6, 6.07) is -0.169. The lowest BCUT2D eigenvalue weighted by atomic mass is 10.7. The molecule has 40 valence electrons. The molecule has 0 heterocycles. The normalized spacial score (nSPS) is 37.3. The number of carbonyl (C=O) groups is 1. The van der Waals surface area contributed by atoms with Crippen LogP contribution >= 0.6 is 0 Å². The highest BCUT2D eigenvalue weighted by atomic mass is 19.1. The van der Waals surface area contributed by atoms with Gasteiger partial charge in [0.25, 0.3) is 0 Å². The zero-order valence-electron chi connectivity index (χ0n) is 3.73. The maximum absolute atomic E-state index is 11.7. The van der Waals surface area contributed by atoms with Crippen molar-refractivity contribution < 1.29 is 9.18 Å². The van der Waals surface area contributed by atoms with Crippen molar-refractivity contribution in [3.8, 4) is 0 Å². The van der Waals surface area contributed by atoms with Crippen molar-refractivity contribution in [1.82, 2.24) is 5.32 Å². The predicted octanol–water partition coefficient (Wildman–Crippen LogP) is -0.157. The molecule has 0 saturated heterocycles. The Morgan fingerprint density at radius 3 is 2.57 bits per heavy atom.